The van der Waals surface area contributed by atoms with Gasteiger partial charge in [0.2, 0.25) is 0 Å². The first-order valence-electron chi connectivity index (χ1n) is 4.56. The predicted octanol–water partition coefficient (Wildman–Crippen LogP) is -1.32. The first-order valence-corrected chi connectivity index (χ1v) is 4.56. The smallest absolute Gasteiger partial charge is 0.330 e. The fourth-order valence-electron chi connectivity index (χ4n) is 1.13. The maximum absolute atomic E-state index is 11.6. The van der Waals surface area contributed by atoms with Crippen molar-refractivity contribution in [2.45, 2.75) is 6.04 Å². The number of nitrogens with one attached hydrogen (secondary N) is 1. The van der Waals surface area contributed by atoms with Crippen LogP contribution >= 0.6 is 0 Å². The van der Waals surface area contributed by atoms with Gasteiger partial charge in [-0.15, -0.1) is 0 Å². The topological polar surface area (TPSA) is 93.4 Å². The van der Waals surface area contributed by atoms with Gasteiger partial charge in [-0.05, 0) is 0 Å². The highest BCUT2D eigenvalue weighted by Gasteiger charge is 2.22. The molecule has 1 amide bonds. The van der Waals surface area contributed by atoms with Gasteiger partial charge in [0.25, 0.3) is 5.91 Å². The van der Waals surface area contributed by atoms with E-state index in [1.54, 1.807) is 7.05 Å². The van der Waals surface area contributed by atoms with Gasteiger partial charge in [-0.3, -0.25) is 4.79 Å². The Balaban J connectivity index is 2.70. The normalized spacial score (nSPS) is 11.9. The van der Waals surface area contributed by atoms with Crippen LogP contribution in [0.25, 0.3) is 0 Å². The predicted molar refractivity (Wildman–Crippen MR) is 53.6 cm³/mol. The molecule has 0 saturated carbocycles. The summed E-state index contributed by atoms with van der Waals surface area (Å²) in [7, 11) is 2.83. The molecule has 2 N–H and O–H groups in total. The molecule has 0 radical (unpaired) electrons. The van der Waals surface area contributed by atoms with Gasteiger partial charge in [-0.25, -0.2) is 9.78 Å². The van der Waals surface area contributed by atoms with Crippen LogP contribution in [0.1, 0.15) is 10.5 Å². The van der Waals surface area contributed by atoms with E-state index in [1.807, 2.05) is 0 Å². The first kappa shape index (κ1) is 12.2. The third-order valence-electron chi connectivity index (χ3n) is 2.02. The number of aliphatic hydroxyl groups excluding tert-OH is 1. The molecule has 7 nitrogen and oxygen atoms in total. The molecule has 1 heterocycles. The minimum atomic E-state index is -1.06. The lowest BCUT2D eigenvalue weighted by atomic mass is 10.3. The molecular weight excluding hydrogens is 214 g/mol. The third kappa shape index (κ3) is 2.57. The van der Waals surface area contributed by atoms with E-state index in [-0.39, 0.29) is 0 Å². The molecule has 0 aliphatic heterocycles. The number of hydrogen-bond donors (Lipinski definition) is 2. The number of amides is 1. The number of aliphatic hydroxyl groups is 1. The van der Waals surface area contributed by atoms with Crippen LogP contribution in [-0.2, 0) is 16.6 Å². The number of ether oxygens (including phenoxy) is 1. The summed E-state index contributed by atoms with van der Waals surface area (Å²) in [6, 6.07) is -1.06. The van der Waals surface area contributed by atoms with Crippen LogP contribution in [0.5, 0.6) is 0 Å². The largest absolute Gasteiger partial charge is 0.467 e. The lowest BCUT2D eigenvalue weighted by Crippen LogP contribution is -2.44. The van der Waals surface area contributed by atoms with Crippen molar-refractivity contribution in [3.63, 3.8) is 0 Å². The van der Waals surface area contributed by atoms with E-state index in [4.69, 9.17) is 5.11 Å². The molecule has 7 heteroatoms. The molecule has 0 spiro atoms. The molecule has 0 fully saturated rings. The van der Waals surface area contributed by atoms with E-state index in [9.17, 15) is 9.59 Å². The molecule has 1 unspecified atom stereocenters. The zero-order valence-electron chi connectivity index (χ0n) is 9.01. The summed E-state index contributed by atoms with van der Waals surface area (Å²) in [5.74, 6) is -1.19. The van der Waals surface area contributed by atoms with Crippen molar-refractivity contribution in [2.75, 3.05) is 13.7 Å². The number of imidazole rings is 1. The fraction of sp³-hybridized carbons (Fsp3) is 0.444. The molecule has 88 valence electrons. The van der Waals surface area contributed by atoms with Crippen molar-refractivity contribution in [1.82, 2.24) is 14.9 Å². The molecule has 1 atom stereocenters. The van der Waals surface area contributed by atoms with Gasteiger partial charge in [0.05, 0.1) is 26.2 Å². The van der Waals surface area contributed by atoms with Crippen molar-refractivity contribution < 1.29 is 19.4 Å². The monoisotopic (exact) mass is 227 g/mol. The lowest BCUT2D eigenvalue weighted by Gasteiger charge is -2.13. The van der Waals surface area contributed by atoms with Crippen molar-refractivity contribution in [3.05, 3.63) is 18.2 Å². The summed E-state index contributed by atoms with van der Waals surface area (Å²) in [5, 5.41) is 11.2. The second kappa shape index (κ2) is 5.26. The molecule has 1 aromatic rings. The lowest BCUT2D eigenvalue weighted by molar-refractivity contribution is -0.143. The first-order chi connectivity index (χ1) is 7.60. The number of nitrogens with zero attached hydrogens (tertiary/aromatic N) is 2. The van der Waals surface area contributed by atoms with E-state index >= 15 is 0 Å². The molecule has 1 aromatic heterocycles. The zero-order chi connectivity index (χ0) is 12.1. The summed E-state index contributed by atoms with van der Waals surface area (Å²) in [4.78, 5) is 26.5. The molecule has 0 aliphatic carbocycles. The van der Waals surface area contributed by atoms with E-state index in [0.717, 1.165) is 0 Å². The second-order valence-electron chi connectivity index (χ2n) is 3.12. The Bertz CT molecular complexity index is 388. The number of carbonyl (C=O) groups is 2. The van der Waals surface area contributed by atoms with Gasteiger partial charge in [0.15, 0.2) is 6.04 Å². The van der Waals surface area contributed by atoms with Crippen molar-refractivity contribution in [2.24, 2.45) is 7.05 Å². The summed E-state index contributed by atoms with van der Waals surface area (Å²) in [5.41, 5.74) is 0.294. The number of aryl methyl sites for hydroxylation is 1. The van der Waals surface area contributed by atoms with Crippen LogP contribution in [0.15, 0.2) is 12.5 Å². The summed E-state index contributed by atoms with van der Waals surface area (Å²) >= 11 is 0. The standard InChI is InChI=1S/C9H13N3O4/c1-12-5-10-3-7(12)8(14)11-6(4-13)9(15)16-2/h3,5-6,13H,4H2,1-2H3,(H,11,14). The Morgan fingerprint density at radius 3 is 2.81 bits per heavy atom. The maximum Gasteiger partial charge on any atom is 0.330 e. The van der Waals surface area contributed by atoms with Gasteiger partial charge in [-0.2, -0.15) is 0 Å². The SMILES string of the molecule is COC(=O)C(CO)NC(=O)c1cncn1C. The number of hydrogen-bond acceptors (Lipinski definition) is 5. The van der Waals surface area contributed by atoms with Crippen LogP contribution in [0, 0.1) is 0 Å². The Morgan fingerprint density at radius 2 is 2.38 bits per heavy atom. The van der Waals surface area contributed by atoms with Gasteiger partial charge in [0.1, 0.15) is 5.69 Å². The molecule has 0 aromatic carbocycles. The molecular formula is C9H13N3O4. The summed E-state index contributed by atoms with van der Waals surface area (Å²) in [6.45, 7) is -0.518. The Labute approximate surface area is 92.0 Å². The van der Waals surface area contributed by atoms with E-state index in [1.165, 1.54) is 24.2 Å². The van der Waals surface area contributed by atoms with Crippen molar-refractivity contribution >= 4 is 11.9 Å². The Kier molecular flexibility index (Phi) is 4.01. The van der Waals surface area contributed by atoms with Gasteiger partial charge < -0.3 is 19.7 Å². The quantitative estimate of drug-likeness (QED) is 0.622. The zero-order valence-corrected chi connectivity index (χ0v) is 9.01. The average molecular weight is 227 g/mol. The molecule has 16 heavy (non-hydrogen) atoms. The van der Waals surface area contributed by atoms with Crippen molar-refractivity contribution in [1.29, 1.82) is 0 Å². The number of carbonyl (C=O) groups excluding carboxylic acids is 2. The van der Waals surface area contributed by atoms with E-state index < -0.39 is 24.5 Å². The highest BCUT2D eigenvalue weighted by Crippen LogP contribution is 1.97. The van der Waals surface area contributed by atoms with Crippen LogP contribution in [-0.4, -0.2) is 46.3 Å². The minimum Gasteiger partial charge on any atom is -0.467 e. The number of methoxy groups -OCH3 is 1. The summed E-state index contributed by atoms with van der Waals surface area (Å²) < 4.78 is 5.92. The highest BCUT2D eigenvalue weighted by molar-refractivity contribution is 5.95. The van der Waals surface area contributed by atoms with Gasteiger partial charge >= 0.3 is 5.97 Å². The highest BCUT2D eigenvalue weighted by atomic mass is 16.5. The van der Waals surface area contributed by atoms with Gasteiger partial charge in [0, 0.05) is 7.05 Å². The third-order valence-corrected chi connectivity index (χ3v) is 2.02. The number of aromatic nitrogens is 2. The fourth-order valence-corrected chi connectivity index (χ4v) is 1.13. The molecule has 0 bridgehead atoms. The number of rotatable bonds is 4. The second-order valence-corrected chi connectivity index (χ2v) is 3.12. The maximum atomic E-state index is 11.6. The van der Waals surface area contributed by atoms with Crippen molar-refractivity contribution in [3.8, 4) is 0 Å². The Hall–Kier alpha value is -1.89. The average Bonchev–Trinajstić information content (AvgIpc) is 2.71. The van der Waals surface area contributed by atoms with Gasteiger partial charge in [-0.1, -0.05) is 0 Å². The Morgan fingerprint density at radius 1 is 1.69 bits per heavy atom. The summed E-state index contributed by atoms with van der Waals surface area (Å²) in [6.07, 6.45) is 2.82. The van der Waals surface area contributed by atoms with E-state index in [0.29, 0.717) is 5.69 Å². The van der Waals surface area contributed by atoms with Crippen LogP contribution in [0.3, 0.4) is 0 Å². The van der Waals surface area contributed by atoms with Crippen LogP contribution in [0.2, 0.25) is 0 Å². The number of esters is 1. The molecule has 0 saturated heterocycles. The minimum absolute atomic E-state index is 0.294. The van der Waals surface area contributed by atoms with Crippen LogP contribution in [0.4, 0.5) is 0 Å². The van der Waals surface area contributed by atoms with Crippen LogP contribution < -0.4 is 5.32 Å². The van der Waals surface area contributed by atoms with E-state index in [2.05, 4.69) is 15.0 Å². The molecule has 0 aliphatic rings. The molecule has 1 rings (SSSR count).